The van der Waals surface area contributed by atoms with E-state index in [2.05, 4.69) is 30.4 Å². The largest absolute Gasteiger partial charge is 0.322 e. The van der Waals surface area contributed by atoms with Crippen molar-refractivity contribution in [2.24, 2.45) is 5.92 Å². The Bertz CT molecular complexity index is 880. The van der Waals surface area contributed by atoms with Crippen LogP contribution in [-0.2, 0) is 12.8 Å². The lowest BCUT2D eigenvalue weighted by Gasteiger charge is -2.18. The van der Waals surface area contributed by atoms with Crippen molar-refractivity contribution < 1.29 is 4.79 Å². The van der Waals surface area contributed by atoms with Gasteiger partial charge in [-0.25, -0.2) is 0 Å². The summed E-state index contributed by atoms with van der Waals surface area (Å²) >= 11 is 1.74. The third-order valence-electron chi connectivity index (χ3n) is 4.65. The van der Waals surface area contributed by atoms with E-state index in [1.54, 1.807) is 11.3 Å². The van der Waals surface area contributed by atoms with Gasteiger partial charge in [-0.1, -0.05) is 37.3 Å². The Morgan fingerprint density at radius 1 is 1.17 bits per heavy atom. The standard InChI is InChI=1S/C20H19NOS/c1-13-6-9-17-18(12-23-19(17)10-13)20(22)21-16-8-7-14-4-2-3-5-15(14)11-16/h2-5,7-8,11-13H,6,9-10H2,1H3,(H,21,22)/t13-/m1/s1. The Labute approximate surface area is 140 Å². The van der Waals surface area contributed by atoms with Crippen LogP contribution >= 0.6 is 11.3 Å². The molecule has 1 N–H and O–H groups in total. The molecule has 0 saturated heterocycles. The number of fused-ring (bicyclic) bond motifs is 2. The first-order valence-corrected chi connectivity index (χ1v) is 8.98. The van der Waals surface area contributed by atoms with Crippen molar-refractivity contribution in [1.82, 2.24) is 0 Å². The van der Waals surface area contributed by atoms with Gasteiger partial charge in [0.25, 0.3) is 5.91 Å². The second-order valence-corrected chi connectivity index (χ2v) is 7.38. The third-order valence-corrected chi connectivity index (χ3v) is 5.70. The van der Waals surface area contributed by atoms with Crippen molar-refractivity contribution in [2.45, 2.75) is 26.2 Å². The number of rotatable bonds is 2. The molecule has 2 aromatic carbocycles. The fourth-order valence-corrected chi connectivity index (χ4v) is 4.58. The normalized spacial score (nSPS) is 17.0. The maximum Gasteiger partial charge on any atom is 0.256 e. The van der Waals surface area contributed by atoms with Crippen LogP contribution in [0.1, 0.15) is 34.1 Å². The Morgan fingerprint density at radius 3 is 2.87 bits per heavy atom. The van der Waals surface area contributed by atoms with Gasteiger partial charge in [-0.05, 0) is 53.6 Å². The first-order valence-electron chi connectivity index (χ1n) is 8.10. The molecule has 23 heavy (non-hydrogen) atoms. The molecule has 1 atom stereocenters. The molecule has 0 fully saturated rings. The molecule has 0 bridgehead atoms. The van der Waals surface area contributed by atoms with Crippen molar-refractivity contribution in [1.29, 1.82) is 0 Å². The molecule has 1 heterocycles. The summed E-state index contributed by atoms with van der Waals surface area (Å²) in [6, 6.07) is 14.3. The summed E-state index contributed by atoms with van der Waals surface area (Å²) in [4.78, 5) is 14.1. The Morgan fingerprint density at radius 2 is 2.00 bits per heavy atom. The number of benzene rings is 2. The quantitative estimate of drug-likeness (QED) is 0.683. The highest BCUT2D eigenvalue weighted by atomic mass is 32.1. The van der Waals surface area contributed by atoms with Crippen LogP contribution in [0.2, 0.25) is 0 Å². The smallest absolute Gasteiger partial charge is 0.256 e. The average Bonchev–Trinajstić information content (AvgIpc) is 2.97. The van der Waals surface area contributed by atoms with Crippen LogP contribution in [0.15, 0.2) is 47.8 Å². The van der Waals surface area contributed by atoms with E-state index in [-0.39, 0.29) is 5.91 Å². The number of amides is 1. The van der Waals surface area contributed by atoms with Crippen LogP contribution in [0.4, 0.5) is 5.69 Å². The van der Waals surface area contributed by atoms with Crippen LogP contribution < -0.4 is 5.32 Å². The zero-order valence-corrected chi connectivity index (χ0v) is 14.0. The first-order chi connectivity index (χ1) is 11.2. The average molecular weight is 321 g/mol. The van der Waals surface area contributed by atoms with Crippen LogP contribution in [0, 0.1) is 5.92 Å². The Hall–Kier alpha value is -2.13. The van der Waals surface area contributed by atoms with Gasteiger partial charge in [0.2, 0.25) is 0 Å². The van der Waals surface area contributed by atoms with Crippen LogP contribution in [0.3, 0.4) is 0 Å². The Balaban J connectivity index is 1.60. The van der Waals surface area contributed by atoms with E-state index in [0.717, 1.165) is 35.4 Å². The van der Waals surface area contributed by atoms with E-state index in [9.17, 15) is 4.79 Å². The minimum atomic E-state index is 0.0207. The summed E-state index contributed by atoms with van der Waals surface area (Å²) in [6.45, 7) is 2.29. The highest BCUT2D eigenvalue weighted by Crippen LogP contribution is 2.33. The van der Waals surface area contributed by atoms with Crippen molar-refractivity contribution in [2.75, 3.05) is 5.32 Å². The number of anilines is 1. The molecule has 2 nitrogen and oxygen atoms in total. The van der Waals surface area contributed by atoms with E-state index < -0.39 is 0 Å². The fourth-order valence-electron chi connectivity index (χ4n) is 3.33. The number of carbonyl (C=O) groups excluding carboxylic acids is 1. The molecule has 0 unspecified atom stereocenters. The van der Waals surface area contributed by atoms with Gasteiger partial charge >= 0.3 is 0 Å². The van der Waals surface area contributed by atoms with E-state index in [4.69, 9.17) is 0 Å². The van der Waals surface area contributed by atoms with Gasteiger partial charge in [0.15, 0.2) is 0 Å². The molecular weight excluding hydrogens is 302 g/mol. The lowest BCUT2D eigenvalue weighted by molar-refractivity contribution is 0.102. The molecule has 1 aliphatic rings. The molecule has 3 heteroatoms. The maximum atomic E-state index is 12.7. The van der Waals surface area contributed by atoms with Crippen LogP contribution in [0.25, 0.3) is 10.8 Å². The van der Waals surface area contributed by atoms with Gasteiger partial charge in [-0.15, -0.1) is 11.3 Å². The SMILES string of the molecule is C[C@@H]1CCc2c(C(=O)Nc3ccc4ccccc4c3)csc2C1. The number of nitrogens with one attached hydrogen (secondary N) is 1. The number of carbonyl (C=O) groups is 1. The summed E-state index contributed by atoms with van der Waals surface area (Å²) < 4.78 is 0. The highest BCUT2D eigenvalue weighted by Gasteiger charge is 2.23. The van der Waals surface area contributed by atoms with E-state index in [1.165, 1.54) is 22.2 Å². The van der Waals surface area contributed by atoms with Crippen molar-refractivity contribution in [3.05, 3.63) is 63.8 Å². The van der Waals surface area contributed by atoms with Crippen molar-refractivity contribution >= 4 is 33.7 Å². The molecule has 116 valence electrons. The maximum absolute atomic E-state index is 12.7. The zero-order valence-electron chi connectivity index (χ0n) is 13.1. The van der Waals surface area contributed by atoms with Crippen LogP contribution in [0.5, 0.6) is 0 Å². The molecule has 1 aliphatic carbocycles. The predicted octanol–water partition coefficient (Wildman–Crippen LogP) is 5.28. The van der Waals surface area contributed by atoms with Gasteiger partial charge < -0.3 is 5.32 Å². The van der Waals surface area contributed by atoms with Crippen molar-refractivity contribution in [3.8, 4) is 0 Å². The molecule has 0 saturated carbocycles. The fraction of sp³-hybridized carbons (Fsp3) is 0.250. The molecule has 1 amide bonds. The topological polar surface area (TPSA) is 29.1 Å². The summed E-state index contributed by atoms with van der Waals surface area (Å²) in [5.74, 6) is 0.755. The number of hydrogen-bond donors (Lipinski definition) is 1. The van der Waals surface area contributed by atoms with Gasteiger partial charge in [0, 0.05) is 15.9 Å². The summed E-state index contributed by atoms with van der Waals surface area (Å²) in [5.41, 5.74) is 2.99. The summed E-state index contributed by atoms with van der Waals surface area (Å²) in [5, 5.41) is 7.42. The van der Waals surface area contributed by atoms with Gasteiger partial charge in [-0.2, -0.15) is 0 Å². The molecule has 0 aliphatic heterocycles. The Kier molecular flexibility index (Phi) is 3.66. The lowest BCUT2D eigenvalue weighted by Crippen LogP contribution is -2.16. The second-order valence-electron chi connectivity index (χ2n) is 6.42. The minimum Gasteiger partial charge on any atom is -0.322 e. The highest BCUT2D eigenvalue weighted by molar-refractivity contribution is 7.10. The summed E-state index contributed by atoms with van der Waals surface area (Å²) in [6.07, 6.45) is 3.32. The van der Waals surface area contributed by atoms with E-state index in [1.807, 2.05) is 29.6 Å². The molecule has 0 spiro atoms. The van der Waals surface area contributed by atoms with E-state index in [0.29, 0.717) is 0 Å². The zero-order chi connectivity index (χ0) is 15.8. The molecule has 3 aromatic rings. The molecule has 4 rings (SSSR count). The lowest BCUT2D eigenvalue weighted by atomic mass is 9.88. The number of hydrogen-bond acceptors (Lipinski definition) is 2. The molecule has 0 radical (unpaired) electrons. The minimum absolute atomic E-state index is 0.0207. The van der Waals surface area contributed by atoms with E-state index >= 15 is 0 Å². The number of thiophene rings is 1. The molecule has 1 aromatic heterocycles. The summed E-state index contributed by atoms with van der Waals surface area (Å²) in [7, 11) is 0. The monoisotopic (exact) mass is 321 g/mol. The molecular formula is C20H19NOS. The second kappa shape index (κ2) is 5.82. The van der Waals surface area contributed by atoms with Crippen LogP contribution in [-0.4, -0.2) is 5.91 Å². The third kappa shape index (κ3) is 2.77. The first kappa shape index (κ1) is 14.5. The van der Waals surface area contributed by atoms with Gasteiger partial charge in [0.05, 0.1) is 5.56 Å². The van der Waals surface area contributed by atoms with Gasteiger partial charge in [-0.3, -0.25) is 4.79 Å². The van der Waals surface area contributed by atoms with Crippen molar-refractivity contribution in [3.63, 3.8) is 0 Å². The predicted molar refractivity (Wildman–Crippen MR) is 97.4 cm³/mol. The van der Waals surface area contributed by atoms with Gasteiger partial charge in [0.1, 0.15) is 0 Å².